The zero-order chi connectivity index (χ0) is 13.3. The molecule has 2 aromatic carbocycles. The molecule has 2 nitrogen and oxygen atoms in total. The first-order chi connectivity index (χ1) is 8.47. The second kappa shape index (κ2) is 5.16. The molecule has 0 saturated heterocycles. The lowest BCUT2D eigenvalue weighted by Crippen LogP contribution is -1.99. The monoisotopic (exact) mass is 328 g/mol. The van der Waals surface area contributed by atoms with Crippen molar-refractivity contribution in [2.75, 3.05) is 11.1 Å². The summed E-state index contributed by atoms with van der Waals surface area (Å²) < 4.78 is 14.2. The van der Waals surface area contributed by atoms with Gasteiger partial charge < -0.3 is 11.1 Å². The lowest BCUT2D eigenvalue weighted by Gasteiger charge is -2.12. The van der Waals surface area contributed by atoms with Crippen molar-refractivity contribution in [2.24, 2.45) is 0 Å². The molecular formula is C13H11BrClFN2. The van der Waals surface area contributed by atoms with E-state index in [0.717, 1.165) is 4.47 Å². The summed E-state index contributed by atoms with van der Waals surface area (Å²) in [5, 5.41) is 3.66. The number of nitrogen functional groups attached to an aromatic ring is 1. The highest BCUT2D eigenvalue weighted by Crippen LogP contribution is 2.31. The molecule has 94 valence electrons. The van der Waals surface area contributed by atoms with Crippen molar-refractivity contribution in [1.82, 2.24) is 0 Å². The van der Waals surface area contributed by atoms with Gasteiger partial charge in [-0.25, -0.2) is 4.39 Å². The van der Waals surface area contributed by atoms with Crippen molar-refractivity contribution in [2.45, 2.75) is 6.92 Å². The Morgan fingerprint density at radius 2 is 1.94 bits per heavy atom. The molecule has 0 radical (unpaired) electrons. The summed E-state index contributed by atoms with van der Waals surface area (Å²) in [5.74, 6) is -0.321. The lowest BCUT2D eigenvalue weighted by atomic mass is 10.1. The number of halogens is 3. The average molecular weight is 330 g/mol. The van der Waals surface area contributed by atoms with Crippen LogP contribution in [-0.2, 0) is 0 Å². The predicted octanol–water partition coefficient (Wildman–Crippen LogP) is 4.88. The number of rotatable bonds is 2. The van der Waals surface area contributed by atoms with Gasteiger partial charge in [0.25, 0.3) is 0 Å². The molecule has 0 aliphatic rings. The van der Waals surface area contributed by atoms with E-state index in [1.54, 1.807) is 19.1 Å². The first-order valence-electron chi connectivity index (χ1n) is 5.25. The van der Waals surface area contributed by atoms with Crippen LogP contribution in [0.25, 0.3) is 0 Å². The largest absolute Gasteiger partial charge is 0.397 e. The van der Waals surface area contributed by atoms with Crippen LogP contribution in [-0.4, -0.2) is 0 Å². The number of nitrogens with two attached hydrogens (primary N) is 1. The molecule has 0 saturated carbocycles. The fourth-order valence-electron chi connectivity index (χ4n) is 1.54. The summed E-state index contributed by atoms with van der Waals surface area (Å²) in [4.78, 5) is 0. The number of anilines is 3. The fraction of sp³-hybridized carbons (Fsp3) is 0.0769. The van der Waals surface area contributed by atoms with Crippen molar-refractivity contribution < 1.29 is 4.39 Å². The summed E-state index contributed by atoms with van der Waals surface area (Å²) in [7, 11) is 0. The highest BCUT2D eigenvalue weighted by Gasteiger charge is 2.07. The van der Waals surface area contributed by atoms with Crippen LogP contribution in [0.15, 0.2) is 34.8 Å². The lowest BCUT2D eigenvalue weighted by molar-refractivity contribution is 0.619. The highest BCUT2D eigenvalue weighted by molar-refractivity contribution is 9.10. The van der Waals surface area contributed by atoms with Gasteiger partial charge in [-0.15, -0.1) is 0 Å². The van der Waals surface area contributed by atoms with E-state index in [2.05, 4.69) is 21.2 Å². The first kappa shape index (κ1) is 13.2. The van der Waals surface area contributed by atoms with Gasteiger partial charge in [-0.2, -0.15) is 0 Å². The summed E-state index contributed by atoms with van der Waals surface area (Å²) in [5.41, 5.74) is 7.98. The van der Waals surface area contributed by atoms with Crippen molar-refractivity contribution in [3.05, 3.63) is 51.2 Å². The first-order valence-corrected chi connectivity index (χ1v) is 6.42. The van der Waals surface area contributed by atoms with E-state index < -0.39 is 0 Å². The maximum atomic E-state index is 13.3. The van der Waals surface area contributed by atoms with Crippen molar-refractivity contribution in [3.63, 3.8) is 0 Å². The van der Waals surface area contributed by atoms with Gasteiger partial charge in [0.2, 0.25) is 0 Å². The topological polar surface area (TPSA) is 38.0 Å². The zero-order valence-corrected chi connectivity index (χ0v) is 11.9. The molecule has 5 heteroatoms. The molecule has 0 unspecified atom stereocenters. The number of nitrogens with one attached hydrogen (secondary N) is 1. The molecule has 0 aliphatic carbocycles. The van der Waals surface area contributed by atoms with E-state index in [1.807, 2.05) is 12.1 Å². The van der Waals surface area contributed by atoms with E-state index in [-0.39, 0.29) is 5.82 Å². The quantitative estimate of drug-likeness (QED) is 0.771. The van der Waals surface area contributed by atoms with Gasteiger partial charge in [0.15, 0.2) is 0 Å². The minimum atomic E-state index is -0.321. The summed E-state index contributed by atoms with van der Waals surface area (Å²) in [6.45, 7) is 1.68. The van der Waals surface area contributed by atoms with Crippen LogP contribution in [0.2, 0.25) is 5.02 Å². The van der Waals surface area contributed by atoms with Crippen LogP contribution < -0.4 is 11.1 Å². The van der Waals surface area contributed by atoms with Crippen LogP contribution in [0.5, 0.6) is 0 Å². The molecule has 0 spiro atoms. The maximum absolute atomic E-state index is 13.3. The molecule has 0 atom stereocenters. The Bertz CT molecular complexity index is 602. The molecule has 0 amide bonds. The molecule has 0 aromatic heterocycles. The van der Waals surface area contributed by atoms with E-state index >= 15 is 0 Å². The van der Waals surface area contributed by atoms with Crippen LogP contribution in [0.3, 0.4) is 0 Å². The Balaban J connectivity index is 2.40. The Morgan fingerprint density at radius 3 is 2.67 bits per heavy atom. The van der Waals surface area contributed by atoms with E-state index in [9.17, 15) is 4.39 Å². The molecule has 0 bridgehead atoms. The Labute approximate surface area is 118 Å². The minimum Gasteiger partial charge on any atom is -0.397 e. The molecule has 3 N–H and O–H groups in total. The Morgan fingerprint density at radius 1 is 1.22 bits per heavy atom. The smallest absolute Gasteiger partial charge is 0.128 e. The SMILES string of the molecule is Cc1cc(Nc2cc(Br)ccc2Cl)c(N)cc1F. The predicted molar refractivity (Wildman–Crippen MR) is 78.0 cm³/mol. The number of hydrogen-bond acceptors (Lipinski definition) is 2. The van der Waals surface area contributed by atoms with E-state index in [1.165, 1.54) is 6.07 Å². The van der Waals surface area contributed by atoms with Gasteiger partial charge in [0.1, 0.15) is 5.82 Å². The number of aryl methyl sites for hydroxylation is 1. The standard InChI is InChI=1S/C13H11BrClFN2/c1-7-4-13(11(17)6-10(7)16)18-12-5-8(14)2-3-9(12)15/h2-6,18H,17H2,1H3. The Kier molecular flexibility index (Phi) is 3.78. The summed E-state index contributed by atoms with van der Waals surface area (Å²) >= 11 is 9.44. The fourth-order valence-corrected chi connectivity index (χ4v) is 2.07. The molecule has 0 heterocycles. The summed E-state index contributed by atoms with van der Waals surface area (Å²) in [6, 6.07) is 8.39. The van der Waals surface area contributed by atoms with Crippen LogP contribution in [0, 0.1) is 12.7 Å². The van der Waals surface area contributed by atoms with E-state index in [4.69, 9.17) is 17.3 Å². The highest BCUT2D eigenvalue weighted by atomic mass is 79.9. The van der Waals surface area contributed by atoms with Gasteiger partial charge in [-0.05, 0) is 42.8 Å². The molecule has 0 aliphatic heterocycles. The van der Waals surface area contributed by atoms with Crippen LogP contribution in [0.1, 0.15) is 5.56 Å². The number of hydrogen-bond donors (Lipinski definition) is 2. The second-order valence-corrected chi connectivity index (χ2v) is 5.26. The van der Waals surface area contributed by atoms with Gasteiger partial charge in [-0.3, -0.25) is 0 Å². The third-order valence-electron chi connectivity index (χ3n) is 2.53. The van der Waals surface area contributed by atoms with E-state index in [0.29, 0.717) is 27.6 Å². The second-order valence-electron chi connectivity index (χ2n) is 3.94. The number of benzene rings is 2. The van der Waals surface area contributed by atoms with Gasteiger partial charge in [-0.1, -0.05) is 27.5 Å². The maximum Gasteiger partial charge on any atom is 0.128 e. The van der Waals surface area contributed by atoms with Gasteiger partial charge in [0.05, 0.1) is 22.1 Å². The van der Waals surface area contributed by atoms with Crippen molar-refractivity contribution >= 4 is 44.6 Å². The molecular weight excluding hydrogens is 319 g/mol. The minimum absolute atomic E-state index is 0.321. The molecule has 18 heavy (non-hydrogen) atoms. The molecule has 2 rings (SSSR count). The van der Waals surface area contributed by atoms with Crippen LogP contribution >= 0.6 is 27.5 Å². The normalized spacial score (nSPS) is 10.4. The Hall–Kier alpha value is -1.26. The average Bonchev–Trinajstić information content (AvgIpc) is 2.30. The van der Waals surface area contributed by atoms with Gasteiger partial charge >= 0.3 is 0 Å². The summed E-state index contributed by atoms with van der Waals surface area (Å²) in [6.07, 6.45) is 0. The molecule has 0 fully saturated rings. The van der Waals surface area contributed by atoms with Gasteiger partial charge in [0, 0.05) is 4.47 Å². The van der Waals surface area contributed by atoms with Crippen molar-refractivity contribution in [1.29, 1.82) is 0 Å². The third kappa shape index (κ3) is 2.76. The molecule has 2 aromatic rings. The zero-order valence-electron chi connectivity index (χ0n) is 9.60. The van der Waals surface area contributed by atoms with Crippen molar-refractivity contribution in [3.8, 4) is 0 Å². The third-order valence-corrected chi connectivity index (χ3v) is 3.35. The van der Waals surface area contributed by atoms with Crippen LogP contribution in [0.4, 0.5) is 21.5 Å².